The summed E-state index contributed by atoms with van der Waals surface area (Å²) in [4.78, 5) is 39.6. The molecule has 6 nitrogen and oxygen atoms in total. The Morgan fingerprint density at radius 1 is 1.00 bits per heavy atom. The normalized spacial score (nSPS) is 10.3. The van der Waals surface area contributed by atoms with Crippen LogP contribution in [0.15, 0.2) is 46.5 Å². The summed E-state index contributed by atoms with van der Waals surface area (Å²) in [5.41, 5.74) is 2.36. The molecule has 0 spiro atoms. The van der Waals surface area contributed by atoms with Crippen LogP contribution in [0, 0.1) is 0 Å². The summed E-state index contributed by atoms with van der Waals surface area (Å²) in [5, 5.41) is 11.3. The van der Waals surface area contributed by atoms with Gasteiger partial charge in [0.1, 0.15) is 0 Å². The number of rotatable bonds is 6. The highest BCUT2D eigenvalue weighted by molar-refractivity contribution is 7.14. The number of anilines is 2. The Kier molecular flexibility index (Phi) is 5.55. The molecule has 0 saturated heterocycles. The number of hydrogen-bond acceptors (Lipinski definition) is 6. The van der Waals surface area contributed by atoms with Gasteiger partial charge >= 0.3 is 0 Å². The standard InChI is InChI=1S/C18H15N3O3S2/c1-11(22)12-2-4-14(5-3-12)19-16(23)8-15-10-26-18(20-15)21-17(24)13-6-7-25-9-13/h2-7,9-10H,8H2,1H3,(H,19,23)(H,20,21,24). The van der Waals surface area contributed by atoms with Gasteiger partial charge in [-0.25, -0.2) is 4.98 Å². The lowest BCUT2D eigenvalue weighted by Gasteiger charge is -2.04. The topological polar surface area (TPSA) is 88.2 Å². The minimum Gasteiger partial charge on any atom is -0.326 e. The maximum absolute atomic E-state index is 12.1. The van der Waals surface area contributed by atoms with Crippen LogP contribution < -0.4 is 10.6 Å². The van der Waals surface area contributed by atoms with Gasteiger partial charge in [0.05, 0.1) is 17.7 Å². The van der Waals surface area contributed by atoms with Crippen molar-refractivity contribution in [1.29, 1.82) is 0 Å². The zero-order valence-electron chi connectivity index (χ0n) is 13.8. The fraction of sp³-hybridized carbons (Fsp3) is 0.111. The molecule has 0 aliphatic rings. The van der Waals surface area contributed by atoms with Crippen molar-refractivity contribution in [3.8, 4) is 0 Å². The summed E-state index contributed by atoms with van der Waals surface area (Å²) in [7, 11) is 0. The molecule has 0 saturated carbocycles. The summed E-state index contributed by atoms with van der Waals surface area (Å²) in [6.45, 7) is 1.49. The molecule has 132 valence electrons. The van der Waals surface area contributed by atoms with Crippen LogP contribution >= 0.6 is 22.7 Å². The second kappa shape index (κ2) is 8.03. The Bertz CT molecular complexity index is 931. The molecule has 0 fully saturated rings. The molecule has 3 rings (SSSR count). The molecule has 2 aromatic heterocycles. The molecule has 0 aliphatic heterocycles. The number of thiophene rings is 1. The van der Waals surface area contributed by atoms with Crippen molar-refractivity contribution in [1.82, 2.24) is 4.98 Å². The number of nitrogens with one attached hydrogen (secondary N) is 2. The van der Waals surface area contributed by atoms with Crippen molar-refractivity contribution in [2.24, 2.45) is 0 Å². The fourth-order valence-electron chi connectivity index (χ4n) is 2.17. The number of carbonyl (C=O) groups excluding carboxylic acids is 3. The van der Waals surface area contributed by atoms with Crippen molar-refractivity contribution in [2.75, 3.05) is 10.6 Å². The van der Waals surface area contributed by atoms with Gasteiger partial charge in [-0.05, 0) is 42.6 Å². The summed E-state index contributed by atoms with van der Waals surface area (Å²) < 4.78 is 0. The second-order valence-electron chi connectivity index (χ2n) is 5.47. The second-order valence-corrected chi connectivity index (χ2v) is 7.11. The van der Waals surface area contributed by atoms with Crippen molar-refractivity contribution in [3.05, 3.63) is 63.3 Å². The lowest BCUT2D eigenvalue weighted by molar-refractivity contribution is -0.115. The third-order valence-electron chi connectivity index (χ3n) is 3.47. The average molecular weight is 385 g/mol. The zero-order valence-corrected chi connectivity index (χ0v) is 15.4. The Balaban J connectivity index is 1.55. The average Bonchev–Trinajstić information content (AvgIpc) is 3.27. The number of thiazole rings is 1. The van der Waals surface area contributed by atoms with Gasteiger partial charge in [-0.2, -0.15) is 11.3 Å². The number of benzene rings is 1. The first-order valence-electron chi connectivity index (χ1n) is 7.70. The van der Waals surface area contributed by atoms with Crippen molar-refractivity contribution < 1.29 is 14.4 Å². The van der Waals surface area contributed by atoms with E-state index in [2.05, 4.69) is 15.6 Å². The van der Waals surface area contributed by atoms with Gasteiger partial charge in [-0.1, -0.05) is 0 Å². The number of aromatic nitrogens is 1. The zero-order chi connectivity index (χ0) is 18.5. The van der Waals surface area contributed by atoms with Gasteiger partial charge < -0.3 is 5.32 Å². The molecule has 0 atom stereocenters. The van der Waals surface area contributed by atoms with Gasteiger partial charge in [-0.15, -0.1) is 11.3 Å². The van der Waals surface area contributed by atoms with Gasteiger partial charge in [0.2, 0.25) is 5.91 Å². The number of nitrogens with zero attached hydrogens (tertiary/aromatic N) is 1. The molecule has 2 N–H and O–H groups in total. The molecule has 0 aliphatic carbocycles. The number of ketones is 1. The Hall–Kier alpha value is -2.84. The highest BCUT2D eigenvalue weighted by Gasteiger charge is 2.12. The first kappa shape index (κ1) is 18.0. The Labute approximate surface area is 157 Å². The highest BCUT2D eigenvalue weighted by atomic mass is 32.1. The number of Topliss-reactive ketones (excluding diaryl/α,β-unsaturated/α-hetero) is 1. The maximum atomic E-state index is 12.1. The lowest BCUT2D eigenvalue weighted by Crippen LogP contribution is -2.15. The van der Waals surface area contributed by atoms with Crippen LogP contribution in [0.3, 0.4) is 0 Å². The highest BCUT2D eigenvalue weighted by Crippen LogP contribution is 2.18. The summed E-state index contributed by atoms with van der Waals surface area (Å²) in [6.07, 6.45) is 0.0965. The summed E-state index contributed by atoms with van der Waals surface area (Å²) >= 11 is 2.72. The summed E-state index contributed by atoms with van der Waals surface area (Å²) in [6, 6.07) is 8.43. The van der Waals surface area contributed by atoms with Gasteiger partial charge in [0.15, 0.2) is 10.9 Å². The van der Waals surface area contributed by atoms with Crippen molar-refractivity contribution in [3.63, 3.8) is 0 Å². The molecule has 0 unspecified atom stereocenters. The van der Waals surface area contributed by atoms with E-state index in [1.807, 2.05) is 5.38 Å². The van der Waals surface area contributed by atoms with Gasteiger partial charge in [0.25, 0.3) is 5.91 Å². The Morgan fingerprint density at radius 2 is 1.77 bits per heavy atom. The predicted molar refractivity (Wildman–Crippen MR) is 103 cm³/mol. The van der Waals surface area contributed by atoms with Crippen LogP contribution in [0.4, 0.5) is 10.8 Å². The number of hydrogen-bond donors (Lipinski definition) is 2. The number of amides is 2. The van der Waals surface area contributed by atoms with E-state index in [1.54, 1.807) is 41.1 Å². The third-order valence-corrected chi connectivity index (χ3v) is 4.96. The van der Waals surface area contributed by atoms with Gasteiger partial charge in [-0.3, -0.25) is 19.7 Å². The maximum Gasteiger partial charge on any atom is 0.258 e. The largest absolute Gasteiger partial charge is 0.326 e. The quantitative estimate of drug-likeness (QED) is 0.631. The van der Waals surface area contributed by atoms with E-state index in [0.717, 1.165) is 0 Å². The third kappa shape index (κ3) is 4.62. The fourth-order valence-corrected chi connectivity index (χ4v) is 3.51. The molecule has 3 aromatic rings. The molecule has 26 heavy (non-hydrogen) atoms. The summed E-state index contributed by atoms with van der Waals surface area (Å²) in [5.74, 6) is -0.467. The Morgan fingerprint density at radius 3 is 2.42 bits per heavy atom. The molecular weight excluding hydrogens is 370 g/mol. The van der Waals surface area contributed by atoms with Crippen LogP contribution in [0.25, 0.3) is 0 Å². The minimum atomic E-state index is -0.221. The van der Waals surface area contributed by atoms with E-state index in [1.165, 1.54) is 29.6 Å². The van der Waals surface area contributed by atoms with Crippen LogP contribution in [-0.4, -0.2) is 22.6 Å². The lowest BCUT2D eigenvalue weighted by atomic mass is 10.1. The van der Waals surface area contributed by atoms with E-state index in [9.17, 15) is 14.4 Å². The minimum absolute atomic E-state index is 0.0256. The molecule has 1 aromatic carbocycles. The van der Waals surface area contributed by atoms with E-state index in [0.29, 0.717) is 27.6 Å². The molecular formula is C18H15N3O3S2. The van der Waals surface area contributed by atoms with Crippen LogP contribution in [0.2, 0.25) is 0 Å². The molecule has 8 heteroatoms. The van der Waals surface area contributed by atoms with E-state index < -0.39 is 0 Å². The van der Waals surface area contributed by atoms with Crippen molar-refractivity contribution >= 4 is 51.1 Å². The molecule has 2 heterocycles. The first-order chi connectivity index (χ1) is 12.5. The van der Waals surface area contributed by atoms with Crippen LogP contribution in [0.1, 0.15) is 33.3 Å². The molecule has 0 radical (unpaired) electrons. The molecule has 2 amide bonds. The van der Waals surface area contributed by atoms with E-state index >= 15 is 0 Å². The van der Waals surface area contributed by atoms with Gasteiger partial charge in [0, 0.05) is 22.0 Å². The van der Waals surface area contributed by atoms with Crippen LogP contribution in [-0.2, 0) is 11.2 Å². The van der Waals surface area contributed by atoms with Crippen molar-refractivity contribution in [2.45, 2.75) is 13.3 Å². The molecule has 0 bridgehead atoms. The van der Waals surface area contributed by atoms with E-state index in [4.69, 9.17) is 0 Å². The first-order valence-corrected chi connectivity index (χ1v) is 9.52. The van der Waals surface area contributed by atoms with E-state index in [-0.39, 0.29) is 24.0 Å². The number of carbonyl (C=O) groups is 3. The van der Waals surface area contributed by atoms with Crippen LogP contribution in [0.5, 0.6) is 0 Å². The smallest absolute Gasteiger partial charge is 0.258 e. The SMILES string of the molecule is CC(=O)c1ccc(NC(=O)Cc2csc(NC(=O)c3ccsc3)n2)cc1. The monoisotopic (exact) mass is 385 g/mol. The predicted octanol–water partition coefficient (Wildman–Crippen LogP) is 3.84.